The van der Waals surface area contributed by atoms with E-state index < -0.39 is 0 Å². The van der Waals surface area contributed by atoms with Gasteiger partial charge in [0.1, 0.15) is 0 Å². The topological polar surface area (TPSA) is 61.8 Å². The van der Waals surface area contributed by atoms with Gasteiger partial charge in [-0.3, -0.25) is 9.89 Å². The Kier molecular flexibility index (Phi) is 10.5. The lowest BCUT2D eigenvalue weighted by atomic mass is 9.80. The second kappa shape index (κ2) is 12.3. The van der Waals surface area contributed by atoms with Crippen molar-refractivity contribution in [2.24, 2.45) is 4.99 Å². The second-order valence-electron chi connectivity index (χ2n) is 7.61. The van der Waals surface area contributed by atoms with E-state index in [0.717, 1.165) is 69.0 Å². The number of guanidine groups is 1. The zero-order chi connectivity index (χ0) is 19.0. The molecule has 0 atom stereocenters. The number of halogens is 1. The van der Waals surface area contributed by atoms with E-state index in [1.165, 1.54) is 32.1 Å². The van der Waals surface area contributed by atoms with Crippen molar-refractivity contribution in [2.45, 2.75) is 57.9 Å². The van der Waals surface area contributed by atoms with E-state index in [0.29, 0.717) is 0 Å². The first kappa shape index (κ1) is 23.8. The minimum Gasteiger partial charge on any atom is -0.379 e. The number of hydrogen-bond donors (Lipinski definition) is 2. The van der Waals surface area contributed by atoms with Crippen LogP contribution >= 0.6 is 35.3 Å². The summed E-state index contributed by atoms with van der Waals surface area (Å²) in [5.41, 5.74) is 1.38. The van der Waals surface area contributed by atoms with Crippen LogP contribution in [0.4, 0.5) is 0 Å². The van der Waals surface area contributed by atoms with Crippen LogP contribution in [-0.2, 0) is 11.2 Å². The van der Waals surface area contributed by atoms with E-state index in [2.05, 4.69) is 39.7 Å². The molecule has 0 bridgehead atoms. The molecule has 2 heterocycles. The summed E-state index contributed by atoms with van der Waals surface area (Å²) in [5.74, 6) is 0.933. The summed E-state index contributed by atoms with van der Waals surface area (Å²) < 4.78 is 5.59. The van der Waals surface area contributed by atoms with Gasteiger partial charge in [-0.2, -0.15) is 0 Å². The average molecular weight is 522 g/mol. The van der Waals surface area contributed by atoms with Gasteiger partial charge in [0.2, 0.25) is 0 Å². The van der Waals surface area contributed by atoms with Gasteiger partial charge in [0.15, 0.2) is 5.96 Å². The molecule has 1 aliphatic heterocycles. The third-order valence-corrected chi connectivity index (χ3v) is 6.50. The van der Waals surface area contributed by atoms with Crippen molar-refractivity contribution >= 4 is 41.3 Å². The third-order valence-electron chi connectivity index (χ3n) is 5.68. The number of aryl methyl sites for hydroxylation is 1. The van der Waals surface area contributed by atoms with E-state index in [4.69, 9.17) is 9.73 Å². The molecule has 1 aromatic rings. The molecule has 1 aliphatic carbocycles. The maximum absolute atomic E-state index is 5.59. The molecule has 2 aliphatic rings. The van der Waals surface area contributed by atoms with Crippen LogP contribution < -0.4 is 10.6 Å². The molecule has 1 saturated heterocycles. The number of thiazole rings is 1. The molecule has 0 aromatic carbocycles. The highest BCUT2D eigenvalue weighted by Gasteiger charge is 2.38. The lowest BCUT2D eigenvalue weighted by Crippen LogP contribution is -2.56. The largest absolute Gasteiger partial charge is 0.379 e. The Morgan fingerprint density at radius 3 is 2.64 bits per heavy atom. The van der Waals surface area contributed by atoms with Gasteiger partial charge in [0.25, 0.3) is 0 Å². The molecule has 8 heteroatoms. The van der Waals surface area contributed by atoms with Gasteiger partial charge in [0, 0.05) is 43.5 Å². The van der Waals surface area contributed by atoms with Crippen molar-refractivity contribution in [2.75, 3.05) is 45.9 Å². The van der Waals surface area contributed by atoms with Gasteiger partial charge in [-0.25, -0.2) is 4.98 Å². The van der Waals surface area contributed by atoms with Crippen molar-refractivity contribution in [1.82, 2.24) is 20.5 Å². The first-order chi connectivity index (χ1) is 13.2. The van der Waals surface area contributed by atoms with Crippen molar-refractivity contribution in [3.8, 4) is 0 Å². The molecular formula is C20H36IN5OS. The fraction of sp³-hybridized carbons (Fsp3) is 0.800. The number of hydrogen-bond acceptors (Lipinski definition) is 5. The fourth-order valence-electron chi connectivity index (χ4n) is 4.22. The first-order valence-corrected chi connectivity index (χ1v) is 11.4. The summed E-state index contributed by atoms with van der Waals surface area (Å²) in [5, 5.41) is 10.2. The van der Waals surface area contributed by atoms with Crippen LogP contribution in [0.5, 0.6) is 0 Å². The highest BCUT2D eigenvalue weighted by atomic mass is 127. The molecule has 2 fully saturated rings. The number of nitrogens with one attached hydrogen (secondary N) is 2. The molecule has 160 valence electrons. The number of aromatic nitrogens is 1. The number of aliphatic imine (C=N–C) groups is 1. The van der Waals surface area contributed by atoms with Crippen molar-refractivity contribution in [1.29, 1.82) is 0 Å². The van der Waals surface area contributed by atoms with Crippen molar-refractivity contribution < 1.29 is 4.74 Å². The normalized spacial score (nSPS) is 20.4. The fourth-order valence-corrected chi connectivity index (χ4v) is 4.87. The zero-order valence-corrected chi connectivity index (χ0v) is 20.5. The Labute approximate surface area is 190 Å². The number of ether oxygens (including phenoxy) is 1. The van der Waals surface area contributed by atoms with E-state index in [1.807, 2.05) is 0 Å². The zero-order valence-electron chi connectivity index (χ0n) is 17.3. The van der Waals surface area contributed by atoms with Gasteiger partial charge in [0.05, 0.1) is 30.5 Å². The van der Waals surface area contributed by atoms with Crippen LogP contribution in [0.1, 0.15) is 49.7 Å². The number of rotatable bonds is 7. The Morgan fingerprint density at radius 1 is 1.25 bits per heavy atom. The lowest BCUT2D eigenvalue weighted by Gasteiger charge is -2.47. The van der Waals surface area contributed by atoms with Gasteiger partial charge < -0.3 is 15.4 Å². The van der Waals surface area contributed by atoms with E-state index in [-0.39, 0.29) is 29.5 Å². The van der Waals surface area contributed by atoms with Crippen molar-refractivity contribution in [3.63, 3.8) is 0 Å². The summed E-state index contributed by atoms with van der Waals surface area (Å²) >= 11 is 1.72. The van der Waals surface area contributed by atoms with E-state index in [1.54, 1.807) is 11.3 Å². The highest BCUT2D eigenvalue weighted by Crippen LogP contribution is 2.34. The maximum Gasteiger partial charge on any atom is 0.191 e. The SMILES string of the molecule is CCNC(=NCC1(N2CCOCC2)CCCCC1)NCCc1csc(C)n1.I. The first-order valence-electron chi connectivity index (χ1n) is 10.5. The van der Waals surface area contributed by atoms with Gasteiger partial charge in [-0.15, -0.1) is 35.3 Å². The molecule has 1 saturated carbocycles. The Balaban J connectivity index is 0.00000280. The molecule has 28 heavy (non-hydrogen) atoms. The summed E-state index contributed by atoms with van der Waals surface area (Å²) in [7, 11) is 0. The summed E-state index contributed by atoms with van der Waals surface area (Å²) in [6.07, 6.45) is 7.45. The molecule has 6 nitrogen and oxygen atoms in total. The maximum atomic E-state index is 5.59. The quantitative estimate of drug-likeness (QED) is 0.328. The summed E-state index contributed by atoms with van der Waals surface area (Å²) in [6, 6.07) is 0. The number of morpholine rings is 1. The molecule has 0 amide bonds. The molecule has 0 spiro atoms. The second-order valence-corrected chi connectivity index (χ2v) is 8.68. The van der Waals surface area contributed by atoms with Gasteiger partial charge in [-0.05, 0) is 26.7 Å². The van der Waals surface area contributed by atoms with Crippen LogP contribution in [0, 0.1) is 6.92 Å². The molecule has 1 aromatic heterocycles. The van der Waals surface area contributed by atoms with Gasteiger partial charge >= 0.3 is 0 Å². The molecule has 0 unspecified atom stereocenters. The van der Waals surface area contributed by atoms with Crippen LogP contribution in [0.25, 0.3) is 0 Å². The number of nitrogens with zero attached hydrogens (tertiary/aromatic N) is 3. The highest BCUT2D eigenvalue weighted by molar-refractivity contribution is 14.0. The molecule has 2 N–H and O–H groups in total. The molecule has 3 rings (SSSR count). The summed E-state index contributed by atoms with van der Waals surface area (Å²) in [6.45, 7) is 10.6. The smallest absolute Gasteiger partial charge is 0.191 e. The van der Waals surface area contributed by atoms with Gasteiger partial charge in [-0.1, -0.05) is 19.3 Å². The van der Waals surface area contributed by atoms with Crippen LogP contribution in [-0.4, -0.2) is 67.3 Å². The predicted molar refractivity (Wildman–Crippen MR) is 128 cm³/mol. The summed E-state index contributed by atoms with van der Waals surface area (Å²) in [4.78, 5) is 12.2. The molecular weight excluding hydrogens is 485 g/mol. The predicted octanol–water partition coefficient (Wildman–Crippen LogP) is 3.20. The third kappa shape index (κ3) is 6.81. The average Bonchev–Trinajstić information content (AvgIpc) is 3.12. The van der Waals surface area contributed by atoms with Crippen LogP contribution in [0.15, 0.2) is 10.4 Å². The standard InChI is InChI=1S/C20H35N5OS.HI/c1-3-21-19(22-10-7-18-15-27-17(2)24-18)23-16-20(8-5-4-6-9-20)25-11-13-26-14-12-25;/h15H,3-14,16H2,1-2H3,(H2,21,22,23);1H. The minimum atomic E-state index is 0. The Hall–Kier alpha value is -0.450. The lowest BCUT2D eigenvalue weighted by molar-refractivity contribution is -0.0333. The van der Waals surface area contributed by atoms with E-state index in [9.17, 15) is 0 Å². The van der Waals surface area contributed by atoms with E-state index >= 15 is 0 Å². The van der Waals surface area contributed by atoms with Crippen LogP contribution in [0.3, 0.4) is 0 Å². The van der Waals surface area contributed by atoms with Crippen molar-refractivity contribution in [3.05, 3.63) is 16.1 Å². The monoisotopic (exact) mass is 521 g/mol. The van der Waals surface area contributed by atoms with Crippen LogP contribution in [0.2, 0.25) is 0 Å². The Bertz CT molecular complexity index is 597. The molecule has 0 radical (unpaired) electrons. The minimum absolute atomic E-state index is 0. The Morgan fingerprint density at radius 2 is 2.00 bits per heavy atom.